The summed E-state index contributed by atoms with van der Waals surface area (Å²) in [6.07, 6.45) is -11.3. The molecule has 0 aromatic heterocycles. The van der Waals surface area contributed by atoms with Gasteiger partial charge in [-0.1, -0.05) is 0 Å². The third-order valence-corrected chi connectivity index (χ3v) is 4.31. The molecule has 0 unspecified atom stereocenters. The van der Waals surface area contributed by atoms with Gasteiger partial charge in [-0.25, -0.2) is 0 Å². The molecule has 2 saturated heterocycles. The van der Waals surface area contributed by atoms with E-state index in [4.69, 9.17) is 14.2 Å². The summed E-state index contributed by atoms with van der Waals surface area (Å²) in [6, 6.07) is -1.05. The van der Waals surface area contributed by atoms with Gasteiger partial charge in [0.2, 0.25) is 5.91 Å². The smallest absolute Gasteiger partial charge is 0.217 e. The third kappa shape index (κ3) is 3.86. The van der Waals surface area contributed by atoms with Crippen LogP contribution < -0.4 is 5.32 Å². The topological polar surface area (TPSA) is 158 Å². The van der Waals surface area contributed by atoms with Crippen molar-refractivity contribution in [3.63, 3.8) is 0 Å². The lowest BCUT2D eigenvalue weighted by atomic mass is 9.95. The Balaban J connectivity index is 2.13. The van der Waals surface area contributed by atoms with E-state index in [-0.39, 0.29) is 0 Å². The van der Waals surface area contributed by atoms with E-state index in [0.29, 0.717) is 0 Å². The number of hydrogen-bond donors (Lipinski definition) is 6. The molecule has 0 aliphatic carbocycles. The fraction of sp³-hybridized carbons (Fsp3) is 0.929. The first-order valence-corrected chi connectivity index (χ1v) is 7.77. The second-order valence-corrected chi connectivity index (χ2v) is 6.23. The van der Waals surface area contributed by atoms with Crippen LogP contribution in [-0.2, 0) is 19.0 Å². The van der Waals surface area contributed by atoms with Crippen molar-refractivity contribution in [2.24, 2.45) is 0 Å². The van der Waals surface area contributed by atoms with Crippen LogP contribution >= 0.6 is 0 Å². The molecule has 10 heteroatoms. The summed E-state index contributed by atoms with van der Waals surface area (Å²) in [7, 11) is 0. The first-order chi connectivity index (χ1) is 11.1. The molecule has 2 aliphatic heterocycles. The van der Waals surface area contributed by atoms with Gasteiger partial charge in [0.15, 0.2) is 12.6 Å². The molecule has 2 heterocycles. The van der Waals surface area contributed by atoms with E-state index in [0.717, 1.165) is 0 Å². The first-order valence-electron chi connectivity index (χ1n) is 7.77. The molecule has 0 bridgehead atoms. The number of carbonyl (C=O) groups excluding carboxylic acids is 1. The molecule has 140 valence electrons. The molecule has 24 heavy (non-hydrogen) atoms. The van der Waals surface area contributed by atoms with Crippen molar-refractivity contribution in [3.8, 4) is 0 Å². The number of carbonyl (C=O) groups is 1. The minimum Gasteiger partial charge on any atom is -0.388 e. The molecule has 2 rings (SSSR count). The second kappa shape index (κ2) is 7.58. The van der Waals surface area contributed by atoms with Gasteiger partial charge in [-0.2, -0.15) is 0 Å². The van der Waals surface area contributed by atoms with E-state index in [2.05, 4.69) is 5.32 Å². The predicted octanol–water partition coefficient (Wildman–Crippen LogP) is -3.20. The van der Waals surface area contributed by atoms with Gasteiger partial charge in [0.05, 0.1) is 18.2 Å². The molecule has 1 amide bonds. The maximum Gasteiger partial charge on any atom is 0.217 e. The maximum atomic E-state index is 11.3. The zero-order chi connectivity index (χ0) is 18.2. The number of ether oxygens (including phenoxy) is 3. The van der Waals surface area contributed by atoms with Gasteiger partial charge in [-0.05, 0) is 13.8 Å². The Morgan fingerprint density at radius 3 is 2.08 bits per heavy atom. The van der Waals surface area contributed by atoms with Crippen LogP contribution in [-0.4, -0.2) is 92.8 Å². The van der Waals surface area contributed by atoms with Crippen LogP contribution in [0.4, 0.5) is 0 Å². The summed E-state index contributed by atoms with van der Waals surface area (Å²) in [6.45, 7) is 4.25. The summed E-state index contributed by atoms with van der Waals surface area (Å²) in [5.41, 5.74) is 0. The Kier molecular flexibility index (Phi) is 6.15. The highest BCUT2D eigenvalue weighted by Gasteiger charge is 2.49. The zero-order valence-corrected chi connectivity index (χ0v) is 13.6. The lowest BCUT2D eigenvalue weighted by molar-refractivity contribution is -0.341. The number of nitrogens with one attached hydrogen (secondary N) is 1. The minimum absolute atomic E-state index is 0.457. The highest BCUT2D eigenvalue weighted by molar-refractivity contribution is 5.73. The van der Waals surface area contributed by atoms with E-state index in [1.807, 2.05) is 0 Å². The van der Waals surface area contributed by atoms with E-state index < -0.39 is 67.3 Å². The third-order valence-electron chi connectivity index (χ3n) is 4.31. The van der Waals surface area contributed by atoms with Crippen LogP contribution in [0.25, 0.3) is 0 Å². The quantitative estimate of drug-likeness (QED) is 0.308. The highest BCUT2D eigenvalue weighted by Crippen LogP contribution is 2.28. The van der Waals surface area contributed by atoms with Crippen LogP contribution in [0.1, 0.15) is 20.8 Å². The van der Waals surface area contributed by atoms with Gasteiger partial charge >= 0.3 is 0 Å². The van der Waals surface area contributed by atoms with E-state index in [9.17, 15) is 30.3 Å². The van der Waals surface area contributed by atoms with E-state index >= 15 is 0 Å². The monoisotopic (exact) mass is 351 g/mol. The number of amides is 1. The van der Waals surface area contributed by atoms with Crippen molar-refractivity contribution in [3.05, 3.63) is 0 Å². The van der Waals surface area contributed by atoms with Gasteiger partial charge in [0.25, 0.3) is 0 Å². The molecule has 6 N–H and O–H groups in total. The Morgan fingerprint density at radius 1 is 0.917 bits per heavy atom. The van der Waals surface area contributed by atoms with Gasteiger partial charge in [0.1, 0.15) is 30.5 Å². The van der Waals surface area contributed by atoms with Gasteiger partial charge in [-0.15, -0.1) is 0 Å². The van der Waals surface area contributed by atoms with Crippen molar-refractivity contribution < 1.29 is 44.5 Å². The summed E-state index contributed by atoms with van der Waals surface area (Å²) in [5.74, 6) is -0.457. The number of aliphatic hydroxyl groups is 5. The number of hydrogen-bond acceptors (Lipinski definition) is 9. The van der Waals surface area contributed by atoms with Gasteiger partial charge < -0.3 is 45.1 Å². The van der Waals surface area contributed by atoms with Gasteiger partial charge in [-0.3, -0.25) is 4.79 Å². The van der Waals surface area contributed by atoms with Crippen molar-refractivity contribution in [1.29, 1.82) is 0 Å². The molecule has 2 aliphatic rings. The maximum absolute atomic E-state index is 11.3. The number of aliphatic hydroxyl groups excluding tert-OH is 5. The van der Waals surface area contributed by atoms with Crippen LogP contribution in [0.15, 0.2) is 0 Å². The lowest BCUT2D eigenvalue weighted by Crippen LogP contribution is -2.66. The highest BCUT2D eigenvalue weighted by atomic mass is 16.7. The molecule has 0 radical (unpaired) electrons. The Bertz CT molecular complexity index is 436. The molecule has 0 spiro atoms. The fourth-order valence-electron chi connectivity index (χ4n) is 2.88. The molecule has 0 saturated carbocycles. The van der Waals surface area contributed by atoms with Crippen molar-refractivity contribution in [2.75, 3.05) is 0 Å². The lowest BCUT2D eigenvalue weighted by Gasteiger charge is -2.45. The van der Waals surface area contributed by atoms with Crippen molar-refractivity contribution >= 4 is 5.91 Å². The summed E-state index contributed by atoms with van der Waals surface area (Å²) in [5, 5.41) is 52.5. The van der Waals surface area contributed by atoms with E-state index in [1.165, 1.54) is 20.8 Å². The standard InChI is InChI=1S/C14H25NO9/c1-4-8(17)7(15-6(3)16)10(19)14(23-4)24-12-9(18)5(2)22-13(21)11(12)20/h4-5,7-14,17-21H,1-3H3,(H,15,16)/t4-,5+,7+,8+,9+,10-,11-,12-,13-,14-/m1/s1. The zero-order valence-electron chi connectivity index (χ0n) is 13.6. The average molecular weight is 351 g/mol. The summed E-state index contributed by atoms with van der Waals surface area (Å²) < 4.78 is 15.8. The SMILES string of the molecule is CC(=O)N[C@H]1[C@@H](O)[C@@H](C)O[C@H](O[C@@H]2[C@@H](O)[C@H](C)O[C@@H](O)[C@@H]2O)[C@@H]1O. The van der Waals surface area contributed by atoms with Crippen LogP contribution in [0.3, 0.4) is 0 Å². The van der Waals surface area contributed by atoms with Crippen LogP contribution in [0.5, 0.6) is 0 Å². The fourth-order valence-corrected chi connectivity index (χ4v) is 2.88. The molecule has 2 fully saturated rings. The van der Waals surface area contributed by atoms with Crippen LogP contribution in [0, 0.1) is 0 Å². The number of rotatable bonds is 3. The Morgan fingerprint density at radius 2 is 1.50 bits per heavy atom. The predicted molar refractivity (Wildman–Crippen MR) is 77.4 cm³/mol. The van der Waals surface area contributed by atoms with Crippen LogP contribution in [0.2, 0.25) is 0 Å². The molecular formula is C14H25NO9. The summed E-state index contributed by atoms with van der Waals surface area (Å²) >= 11 is 0. The van der Waals surface area contributed by atoms with Crippen molar-refractivity contribution in [1.82, 2.24) is 5.32 Å². The van der Waals surface area contributed by atoms with Crippen molar-refractivity contribution in [2.45, 2.75) is 82.1 Å². The molecule has 10 atom stereocenters. The minimum atomic E-state index is -1.57. The Hall–Kier alpha value is -0.850. The van der Waals surface area contributed by atoms with E-state index in [1.54, 1.807) is 0 Å². The summed E-state index contributed by atoms with van der Waals surface area (Å²) in [4.78, 5) is 11.3. The molecule has 0 aromatic rings. The average Bonchev–Trinajstić information content (AvgIpc) is 2.50. The normalized spacial score (nSPS) is 49.7. The molecule has 0 aromatic carbocycles. The largest absolute Gasteiger partial charge is 0.388 e. The Labute approximate surface area is 138 Å². The molecular weight excluding hydrogens is 326 g/mol. The first kappa shape index (κ1) is 19.5. The van der Waals surface area contributed by atoms with Gasteiger partial charge in [0, 0.05) is 6.92 Å². The molecule has 10 nitrogen and oxygen atoms in total. The second-order valence-electron chi connectivity index (χ2n) is 6.23.